The van der Waals surface area contributed by atoms with Crippen molar-refractivity contribution < 1.29 is 24.4 Å². The zero-order chi connectivity index (χ0) is 28.2. The van der Waals surface area contributed by atoms with Gasteiger partial charge in [0.15, 0.2) is 11.5 Å². The minimum Gasteiger partial charge on any atom is -0.496 e. The molecule has 0 atom stereocenters. The quantitative estimate of drug-likeness (QED) is 0.231. The average molecular weight is 568 g/mol. The van der Waals surface area contributed by atoms with Crippen molar-refractivity contribution in [1.29, 1.82) is 5.26 Å². The molecule has 0 spiro atoms. The normalized spacial score (nSPS) is 16.2. The molecule has 1 aliphatic carbocycles. The lowest BCUT2D eigenvalue weighted by Crippen LogP contribution is -2.50. The fraction of sp³-hybridized carbons (Fsp3) is 0.448. The Morgan fingerprint density at radius 3 is 2.48 bits per heavy atom. The number of nitriles is 1. The topological polar surface area (TPSA) is 123 Å². The van der Waals surface area contributed by atoms with Crippen LogP contribution in [-0.2, 0) is 0 Å². The second-order valence-electron chi connectivity index (χ2n) is 10.1. The summed E-state index contributed by atoms with van der Waals surface area (Å²) in [6.07, 6.45) is 3.20. The molecule has 2 aromatic carbocycles. The van der Waals surface area contributed by atoms with E-state index >= 15 is 0 Å². The number of aliphatic hydroxyl groups is 2. The largest absolute Gasteiger partial charge is 0.496 e. The van der Waals surface area contributed by atoms with Gasteiger partial charge in [-0.05, 0) is 42.9 Å². The molecule has 5 rings (SSSR count). The van der Waals surface area contributed by atoms with Gasteiger partial charge in [-0.2, -0.15) is 5.26 Å². The van der Waals surface area contributed by atoms with Crippen LogP contribution in [0.25, 0.3) is 10.9 Å². The van der Waals surface area contributed by atoms with E-state index in [1.165, 1.54) is 6.20 Å². The van der Waals surface area contributed by atoms with E-state index in [2.05, 4.69) is 21.3 Å². The Morgan fingerprint density at radius 1 is 1.07 bits per heavy atom. The Morgan fingerprint density at radius 2 is 1.82 bits per heavy atom. The van der Waals surface area contributed by atoms with Crippen molar-refractivity contribution in [2.45, 2.75) is 31.6 Å². The van der Waals surface area contributed by atoms with Crippen LogP contribution in [0.5, 0.6) is 17.2 Å². The third kappa shape index (κ3) is 6.19. The van der Waals surface area contributed by atoms with Gasteiger partial charge in [-0.1, -0.05) is 11.6 Å². The average Bonchev–Trinajstić information content (AvgIpc) is 3.81. The van der Waals surface area contributed by atoms with E-state index in [-0.39, 0.29) is 0 Å². The summed E-state index contributed by atoms with van der Waals surface area (Å²) < 4.78 is 17.4. The number of piperazine rings is 1. The molecule has 0 radical (unpaired) electrons. The van der Waals surface area contributed by atoms with Crippen molar-refractivity contribution >= 4 is 33.9 Å². The van der Waals surface area contributed by atoms with Crippen LogP contribution in [0, 0.1) is 11.3 Å². The fourth-order valence-corrected chi connectivity index (χ4v) is 5.29. The highest BCUT2D eigenvalue weighted by Gasteiger charge is 2.28. The summed E-state index contributed by atoms with van der Waals surface area (Å²) in [5.74, 6) is 2.35. The number of anilines is 2. The van der Waals surface area contributed by atoms with Crippen LogP contribution >= 0.6 is 11.6 Å². The standard InChI is InChI=1S/C29H34ClN5O5/c1-38-25-15-24(22(30)12-20(25)18-4-5-18)33-28-19(16-31)17-32-23-14-27(26(39-2)13-21(23)28)40-11-3-6-34-7-9-35(10-8-34)29(36)37/h12-15,17-18,29,36-37H,3-11H2,1-2H3,(H,32,33). The summed E-state index contributed by atoms with van der Waals surface area (Å²) in [7, 11) is 3.23. The minimum atomic E-state index is -1.40. The van der Waals surface area contributed by atoms with E-state index in [9.17, 15) is 15.5 Å². The van der Waals surface area contributed by atoms with Crippen molar-refractivity contribution in [3.63, 3.8) is 0 Å². The lowest BCUT2D eigenvalue weighted by molar-refractivity contribution is -0.164. The first-order chi connectivity index (χ1) is 19.4. The van der Waals surface area contributed by atoms with Crippen molar-refractivity contribution in [1.82, 2.24) is 14.8 Å². The molecule has 1 aromatic heterocycles. The first kappa shape index (κ1) is 28.2. The van der Waals surface area contributed by atoms with Gasteiger partial charge in [0.1, 0.15) is 11.8 Å². The Kier molecular flexibility index (Phi) is 8.78. The molecule has 212 valence electrons. The summed E-state index contributed by atoms with van der Waals surface area (Å²) >= 11 is 6.67. The maximum absolute atomic E-state index is 9.85. The molecule has 2 fully saturated rings. The Hall–Kier alpha value is -3.33. The van der Waals surface area contributed by atoms with Crippen molar-refractivity contribution in [2.75, 3.05) is 58.9 Å². The number of nitrogens with one attached hydrogen (secondary N) is 1. The third-order valence-electron chi connectivity index (χ3n) is 7.48. The predicted molar refractivity (Wildman–Crippen MR) is 153 cm³/mol. The van der Waals surface area contributed by atoms with Gasteiger partial charge in [0.2, 0.25) is 6.41 Å². The molecule has 40 heavy (non-hydrogen) atoms. The Balaban J connectivity index is 1.33. The third-order valence-corrected chi connectivity index (χ3v) is 7.79. The van der Waals surface area contributed by atoms with Crippen LogP contribution in [0.1, 0.15) is 36.3 Å². The number of halogens is 1. The Bertz CT molecular complexity index is 1400. The fourth-order valence-electron chi connectivity index (χ4n) is 5.07. The molecule has 3 aromatic rings. The van der Waals surface area contributed by atoms with Crippen molar-refractivity contribution in [3.05, 3.63) is 46.6 Å². The van der Waals surface area contributed by atoms with E-state index in [0.717, 1.165) is 50.2 Å². The molecule has 0 amide bonds. The molecular formula is C29H34ClN5O5. The lowest BCUT2D eigenvalue weighted by atomic mass is 10.1. The molecule has 0 unspecified atom stereocenters. The second-order valence-corrected chi connectivity index (χ2v) is 10.5. The molecule has 1 saturated heterocycles. The van der Waals surface area contributed by atoms with Gasteiger partial charge in [0.25, 0.3) is 0 Å². The number of hydrogen-bond donors (Lipinski definition) is 3. The zero-order valence-electron chi connectivity index (χ0n) is 22.7. The summed E-state index contributed by atoms with van der Waals surface area (Å²) in [5.41, 5.74) is 3.34. The number of aromatic nitrogens is 1. The summed E-state index contributed by atoms with van der Waals surface area (Å²) in [6.45, 7) is 4.11. The highest BCUT2D eigenvalue weighted by Crippen LogP contribution is 2.47. The molecule has 1 saturated carbocycles. The van der Waals surface area contributed by atoms with E-state index in [0.29, 0.717) is 70.0 Å². The number of rotatable bonds is 11. The summed E-state index contributed by atoms with van der Waals surface area (Å²) in [6, 6.07) is 9.69. The zero-order valence-corrected chi connectivity index (χ0v) is 23.4. The molecule has 2 aliphatic rings. The SMILES string of the molecule is COc1cc2c(Nc3cc(OC)c(C4CC4)cc3Cl)c(C#N)cnc2cc1OCCCN1CCN(C(O)O)CC1. The van der Waals surface area contributed by atoms with Gasteiger partial charge < -0.3 is 34.6 Å². The maximum Gasteiger partial charge on any atom is 0.213 e. The highest BCUT2D eigenvalue weighted by atomic mass is 35.5. The van der Waals surface area contributed by atoms with E-state index < -0.39 is 6.41 Å². The van der Waals surface area contributed by atoms with Gasteiger partial charge >= 0.3 is 0 Å². The van der Waals surface area contributed by atoms with Crippen LogP contribution < -0.4 is 19.5 Å². The highest BCUT2D eigenvalue weighted by molar-refractivity contribution is 6.33. The van der Waals surface area contributed by atoms with Gasteiger partial charge in [-0.15, -0.1) is 0 Å². The molecule has 2 heterocycles. The lowest BCUT2D eigenvalue weighted by Gasteiger charge is -2.35. The van der Waals surface area contributed by atoms with Gasteiger partial charge in [-0.25, -0.2) is 0 Å². The summed E-state index contributed by atoms with van der Waals surface area (Å²) in [4.78, 5) is 8.42. The molecule has 3 N–H and O–H groups in total. The first-order valence-corrected chi connectivity index (χ1v) is 13.8. The van der Waals surface area contributed by atoms with E-state index in [1.54, 1.807) is 19.1 Å². The van der Waals surface area contributed by atoms with Crippen molar-refractivity contribution in [3.8, 4) is 23.3 Å². The molecular weight excluding hydrogens is 534 g/mol. The first-order valence-electron chi connectivity index (χ1n) is 13.4. The second kappa shape index (κ2) is 12.5. The number of benzene rings is 2. The maximum atomic E-state index is 9.85. The number of nitrogens with zero attached hydrogens (tertiary/aromatic N) is 4. The molecule has 11 heteroatoms. The van der Waals surface area contributed by atoms with E-state index in [1.807, 2.05) is 24.3 Å². The number of pyridine rings is 1. The van der Waals surface area contributed by atoms with Crippen molar-refractivity contribution in [2.24, 2.45) is 0 Å². The van der Waals surface area contributed by atoms with Crippen LogP contribution in [-0.4, -0.2) is 85.0 Å². The molecule has 0 bridgehead atoms. The number of methoxy groups -OCH3 is 2. The number of hydrogen-bond acceptors (Lipinski definition) is 10. The van der Waals surface area contributed by atoms with Gasteiger partial charge in [0, 0.05) is 56.4 Å². The number of ether oxygens (including phenoxy) is 3. The minimum absolute atomic E-state index is 0.373. The van der Waals surface area contributed by atoms with Crippen LogP contribution in [0.2, 0.25) is 5.02 Å². The smallest absolute Gasteiger partial charge is 0.213 e. The molecule has 1 aliphatic heterocycles. The van der Waals surface area contributed by atoms with Gasteiger partial charge in [-0.3, -0.25) is 9.88 Å². The van der Waals surface area contributed by atoms with Crippen LogP contribution in [0.3, 0.4) is 0 Å². The summed E-state index contributed by atoms with van der Waals surface area (Å²) in [5, 5.41) is 33.1. The number of aliphatic hydroxyl groups excluding tert-OH is 1. The van der Waals surface area contributed by atoms with E-state index in [4.69, 9.17) is 25.8 Å². The van der Waals surface area contributed by atoms with Crippen LogP contribution in [0.4, 0.5) is 11.4 Å². The predicted octanol–water partition coefficient (Wildman–Crippen LogP) is 4.05. The number of fused-ring (bicyclic) bond motifs is 1. The monoisotopic (exact) mass is 567 g/mol. The Labute approximate surface area is 238 Å². The molecule has 10 nitrogen and oxygen atoms in total. The van der Waals surface area contributed by atoms with Crippen LogP contribution in [0.15, 0.2) is 30.5 Å². The van der Waals surface area contributed by atoms with Gasteiger partial charge in [0.05, 0.1) is 48.3 Å².